The van der Waals surface area contributed by atoms with Crippen LogP contribution in [0.1, 0.15) is 85.5 Å². The van der Waals surface area contributed by atoms with Crippen LogP contribution in [0.2, 0.25) is 0 Å². The topological polar surface area (TPSA) is 143 Å². The molecule has 2 atom stereocenters. The highest BCUT2D eigenvalue weighted by Gasteiger charge is 2.62. The molecule has 0 saturated heterocycles. The SMILES string of the molecule is CCCCC(CC)CS(=O)(=O)C(CC(=O)O)(C(=O)O)S(=O)(=O)CC(CC)CCCC. The second kappa shape index (κ2) is 12.6. The lowest BCUT2D eigenvalue weighted by Gasteiger charge is -2.30. The van der Waals surface area contributed by atoms with Crippen LogP contribution in [0.3, 0.4) is 0 Å². The van der Waals surface area contributed by atoms with Crippen molar-refractivity contribution in [2.24, 2.45) is 11.8 Å². The van der Waals surface area contributed by atoms with Gasteiger partial charge in [0.15, 0.2) is 19.7 Å². The summed E-state index contributed by atoms with van der Waals surface area (Å²) < 4.78 is 49.7. The van der Waals surface area contributed by atoms with Gasteiger partial charge in [0, 0.05) is 0 Å². The van der Waals surface area contributed by atoms with E-state index in [1.165, 1.54) is 0 Å². The molecule has 0 radical (unpaired) electrons. The molecule has 0 aliphatic heterocycles. The minimum Gasteiger partial charge on any atom is -0.481 e. The van der Waals surface area contributed by atoms with Crippen LogP contribution in [0.15, 0.2) is 0 Å². The van der Waals surface area contributed by atoms with Gasteiger partial charge in [-0.05, 0) is 24.7 Å². The second-order valence-electron chi connectivity index (χ2n) is 8.02. The third-order valence-corrected chi connectivity index (χ3v) is 11.7. The van der Waals surface area contributed by atoms with Gasteiger partial charge in [0.2, 0.25) is 0 Å². The van der Waals surface area contributed by atoms with Crippen molar-refractivity contribution in [3.8, 4) is 0 Å². The first-order valence-electron chi connectivity index (χ1n) is 10.7. The van der Waals surface area contributed by atoms with Gasteiger partial charge in [-0.3, -0.25) is 4.79 Å². The Hall–Kier alpha value is -1.16. The lowest BCUT2D eigenvalue weighted by molar-refractivity contribution is -0.144. The number of aliphatic carboxylic acids is 2. The molecule has 10 heteroatoms. The summed E-state index contributed by atoms with van der Waals surface area (Å²) in [5, 5.41) is 19.1. The van der Waals surface area contributed by atoms with Gasteiger partial charge in [0.1, 0.15) is 0 Å². The number of hydrogen-bond acceptors (Lipinski definition) is 6. The van der Waals surface area contributed by atoms with E-state index in [2.05, 4.69) is 0 Å². The van der Waals surface area contributed by atoms with E-state index in [9.17, 15) is 36.6 Å². The minimum atomic E-state index is -4.82. The zero-order chi connectivity index (χ0) is 23.6. The van der Waals surface area contributed by atoms with Gasteiger partial charge in [-0.1, -0.05) is 66.2 Å². The highest BCUT2D eigenvalue weighted by Crippen LogP contribution is 2.35. The molecule has 2 unspecified atom stereocenters. The van der Waals surface area contributed by atoms with Crippen LogP contribution in [0.4, 0.5) is 0 Å². The molecule has 0 saturated carbocycles. The third kappa shape index (κ3) is 7.21. The van der Waals surface area contributed by atoms with E-state index < -0.39 is 65.5 Å². The molecule has 0 fully saturated rings. The minimum absolute atomic E-state index is 0.427. The maximum absolute atomic E-state index is 13.3. The zero-order valence-electron chi connectivity index (χ0n) is 18.6. The van der Waals surface area contributed by atoms with Gasteiger partial charge >= 0.3 is 11.9 Å². The van der Waals surface area contributed by atoms with E-state index >= 15 is 0 Å². The molecule has 0 heterocycles. The standard InChI is InChI=1S/C20H38O8S2/c1-5-9-11-16(7-3)14-29(25,26)20(19(23)24,13-18(21)22)30(27,28)15-17(8-4)12-10-6-2/h16-17H,5-15H2,1-4H3,(H,21,22)(H,23,24). The van der Waals surface area contributed by atoms with E-state index in [1.807, 2.05) is 13.8 Å². The maximum Gasteiger partial charge on any atom is 0.341 e. The number of carboxylic acid groups (broad SMARTS) is 2. The van der Waals surface area contributed by atoms with Crippen molar-refractivity contribution in [3.63, 3.8) is 0 Å². The van der Waals surface area contributed by atoms with Gasteiger partial charge < -0.3 is 10.2 Å². The summed E-state index contributed by atoms with van der Waals surface area (Å²) in [5.41, 5.74) is 0. The molecule has 0 aromatic rings. The Morgan fingerprint density at radius 3 is 1.37 bits per heavy atom. The Balaban J connectivity index is 6.40. The fraction of sp³-hybridized carbons (Fsp3) is 0.900. The van der Waals surface area contributed by atoms with Gasteiger partial charge in [-0.25, -0.2) is 21.6 Å². The molecular formula is C20H38O8S2. The van der Waals surface area contributed by atoms with Crippen LogP contribution < -0.4 is 0 Å². The Morgan fingerprint density at radius 2 is 1.13 bits per heavy atom. The fourth-order valence-corrected chi connectivity index (χ4v) is 9.40. The lowest BCUT2D eigenvalue weighted by Crippen LogP contribution is -2.57. The number of hydrogen-bond donors (Lipinski definition) is 2. The van der Waals surface area contributed by atoms with Gasteiger partial charge in [0.25, 0.3) is 4.08 Å². The first kappa shape index (κ1) is 28.8. The van der Waals surface area contributed by atoms with Crippen LogP contribution in [0, 0.1) is 11.8 Å². The normalized spacial score (nSPS) is 16.5. The van der Waals surface area contributed by atoms with E-state index in [0.717, 1.165) is 12.8 Å². The number of carboxylic acids is 2. The van der Waals surface area contributed by atoms with Crippen molar-refractivity contribution in [1.82, 2.24) is 0 Å². The van der Waals surface area contributed by atoms with Gasteiger partial charge in [-0.2, -0.15) is 0 Å². The van der Waals surface area contributed by atoms with Crippen molar-refractivity contribution >= 4 is 31.6 Å². The van der Waals surface area contributed by atoms with Crippen molar-refractivity contribution in [3.05, 3.63) is 0 Å². The van der Waals surface area contributed by atoms with Crippen molar-refractivity contribution in [1.29, 1.82) is 0 Å². The number of unbranched alkanes of at least 4 members (excludes halogenated alkanes) is 2. The summed E-state index contributed by atoms with van der Waals surface area (Å²) in [6.07, 6.45) is 3.41. The van der Waals surface area contributed by atoms with E-state index in [-0.39, 0.29) is 0 Å². The second-order valence-corrected chi connectivity index (χ2v) is 12.8. The third-order valence-electron chi connectivity index (χ3n) is 5.71. The fourth-order valence-electron chi connectivity index (χ4n) is 3.64. The molecule has 0 aliphatic carbocycles. The molecule has 0 aliphatic rings. The summed E-state index contributed by atoms with van der Waals surface area (Å²) in [6.45, 7) is 7.36. The van der Waals surface area contributed by atoms with Crippen LogP contribution in [0.5, 0.6) is 0 Å². The Morgan fingerprint density at radius 1 is 0.767 bits per heavy atom. The molecule has 0 bridgehead atoms. The number of carbonyl (C=O) groups is 2. The highest BCUT2D eigenvalue weighted by atomic mass is 32.3. The molecular weight excluding hydrogens is 432 g/mol. The van der Waals surface area contributed by atoms with Crippen LogP contribution in [-0.4, -0.2) is 54.6 Å². The molecule has 0 rings (SSSR count). The van der Waals surface area contributed by atoms with E-state index in [1.54, 1.807) is 13.8 Å². The average molecular weight is 471 g/mol. The number of rotatable bonds is 17. The van der Waals surface area contributed by atoms with Gasteiger partial charge in [-0.15, -0.1) is 0 Å². The molecule has 0 spiro atoms. The molecule has 0 aromatic carbocycles. The lowest BCUT2D eigenvalue weighted by atomic mass is 10.0. The largest absolute Gasteiger partial charge is 0.481 e. The molecule has 178 valence electrons. The molecule has 30 heavy (non-hydrogen) atoms. The van der Waals surface area contributed by atoms with E-state index in [0.29, 0.717) is 38.5 Å². The Kier molecular flexibility index (Phi) is 12.1. The summed E-state index contributed by atoms with van der Waals surface area (Å²) in [4.78, 5) is 23.7. The van der Waals surface area contributed by atoms with Crippen LogP contribution in [0.25, 0.3) is 0 Å². The monoisotopic (exact) mass is 470 g/mol. The quantitative estimate of drug-likeness (QED) is 0.329. The molecule has 0 amide bonds. The predicted molar refractivity (Wildman–Crippen MR) is 117 cm³/mol. The Labute approximate surface area is 181 Å². The van der Waals surface area contributed by atoms with Crippen LogP contribution in [-0.2, 0) is 29.3 Å². The highest BCUT2D eigenvalue weighted by molar-refractivity contribution is 8.11. The summed E-state index contributed by atoms with van der Waals surface area (Å²) in [5.74, 6) is -6.07. The first-order valence-corrected chi connectivity index (χ1v) is 14.0. The summed E-state index contributed by atoms with van der Waals surface area (Å²) in [7, 11) is -9.64. The zero-order valence-corrected chi connectivity index (χ0v) is 20.2. The predicted octanol–water partition coefficient (Wildman–Crippen LogP) is 3.50. The molecule has 2 N–H and O–H groups in total. The number of sulfone groups is 2. The van der Waals surface area contributed by atoms with Crippen molar-refractivity contribution in [2.75, 3.05) is 11.5 Å². The summed E-state index contributed by atoms with van der Waals surface area (Å²) in [6, 6.07) is 0. The van der Waals surface area contributed by atoms with Gasteiger partial charge in [0.05, 0.1) is 17.9 Å². The van der Waals surface area contributed by atoms with E-state index in [4.69, 9.17) is 0 Å². The maximum atomic E-state index is 13.3. The first-order chi connectivity index (χ1) is 13.8. The molecule has 8 nitrogen and oxygen atoms in total. The van der Waals surface area contributed by atoms with Crippen LogP contribution >= 0.6 is 0 Å². The van der Waals surface area contributed by atoms with Crippen molar-refractivity contribution < 1.29 is 36.6 Å². The summed E-state index contributed by atoms with van der Waals surface area (Å²) >= 11 is 0. The molecule has 0 aromatic heterocycles. The Bertz CT molecular complexity index is 708. The van der Waals surface area contributed by atoms with Crippen molar-refractivity contribution in [2.45, 2.75) is 89.6 Å². The average Bonchev–Trinajstić information content (AvgIpc) is 2.65. The smallest absolute Gasteiger partial charge is 0.341 e.